The minimum absolute atomic E-state index is 0.279. The molecule has 1 amide bonds. The quantitative estimate of drug-likeness (QED) is 0.884. The Morgan fingerprint density at radius 1 is 1.14 bits per heavy atom. The highest BCUT2D eigenvalue weighted by Crippen LogP contribution is 2.16. The molecule has 21 heavy (non-hydrogen) atoms. The van der Waals surface area contributed by atoms with Gasteiger partial charge in [-0.3, -0.25) is 4.79 Å². The van der Waals surface area contributed by atoms with Gasteiger partial charge >= 0.3 is 0 Å². The summed E-state index contributed by atoms with van der Waals surface area (Å²) in [5, 5.41) is 3.51. The summed E-state index contributed by atoms with van der Waals surface area (Å²) in [6, 6.07) is 14.4. The molecule has 2 aromatic carbocycles. The Kier molecular flexibility index (Phi) is 4.76. The number of aryl methyl sites for hydroxylation is 2. The standard InChI is InChI=1S/C18H22N2O/c1-12-4-6-15(7-5-12)14(3)20-11-17-9-8-16(18(19)21)10-13(17)2/h4-10,14,20H,11H2,1-3H3,(H2,19,21). The van der Waals surface area contributed by atoms with E-state index in [1.165, 1.54) is 16.7 Å². The second-order valence-corrected chi connectivity index (χ2v) is 5.52. The SMILES string of the molecule is Cc1ccc(C(C)NCc2ccc(C(N)=O)cc2C)cc1. The Bertz CT molecular complexity index is 632. The third-order valence-corrected chi connectivity index (χ3v) is 3.80. The van der Waals surface area contributed by atoms with Gasteiger partial charge in [0.25, 0.3) is 0 Å². The molecule has 3 heteroatoms. The zero-order valence-electron chi connectivity index (χ0n) is 12.8. The van der Waals surface area contributed by atoms with Crippen LogP contribution in [-0.4, -0.2) is 5.91 Å². The largest absolute Gasteiger partial charge is 0.366 e. The highest BCUT2D eigenvalue weighted by Gasteiger charge is 2.07. The van der Waals surface area contributed by atoms with Crippen LogP contribution in [0.5, 0.6) is 0 Å². The predicted molar refractivity (Wildman–Crippen MR) is 86.1 cm³/mol. The van der Waals surface area contributed by atoms with Crippen LogP contribution >= 0.6 is 0 Å². The monoisotopic (exact) mass is 282 g/mol. The summed E-state index contributed by atoms with van der Waals surface area (Å²) in [7, 11) is 0. The van der Waals surface area contributed by atoms with Crippen molar-refractivity contribution in [1.82, 2.24) is 5.32 Å². The van der Waals surface area contributed by atoms with Crippen molar-refractivity contribution in [2.75, 3.05) is 0 Å². The van der Waals surface area contributed by atoms with Gasteiger partial charge in [-0.15, -0.1) is 0 Å². The molecule has 0 aliphatic heterocycles. The van der Waals surface area contributed by atoms with Crippen molar-refractivity contribution < 1.29 is 4.79 Å². The second kappa shape index (κ2) is 6.55. The van der Waals surface area contributed by atoms with E-state index in [0.29, 0.717) is 5.56 Å². The van der Waals surface area contributed by atoms with Crippen molar-refractivity contribution in [3.05, 3.63) is 70.3 Å². The zero-order chi connectivity index (χ0) is 15.4. The topological polar surface area (TPSA) is 55.1 Å². The normalized spacial score (nSPS) is 12.1. The molecular formula is C18H22N2O. The van der Waals surface area contributed by atoms with E-state index in [9.17, 15) is 4.79 Å². The summed E-state index contributed by atoms with van der Waals surface area (Å²) < 4.78 is 0. The number of primary amides is 1. The van der Waals surface area contributed by atoms with Crippen molar-refractivity contribution in [3.8, 4) is 0 Å². The van der Waals surface area contributed by atoms with Crippen LogP contribution in [0.15, 0.2) is 42.5 Å². The van der Waals surface area contributed by atoms with Crippen LogP contribution in [-0.2, 0) is 6.54 Å². The van der Waals surface area contributed by atoms with Crippen molar-refractivity contribution in [3.63, 3.8) is 0 Å². The molecule has 3 N–H and O–H groups in total. The van der Waals surface area contributed by atoms with Gasteiger partial charge in [-0.2, -0.15) is 0 Å². The molecule has 0 aromatic heterocycles. The van der Waals surface area contributed by atoms with E-state index in [-0.39, 0.29) is 11.9 Å². The van der Waals surface area contributed by atoms with E-state index in [0.717, 1.165) is 12.1 Å². The third kappa shape index (κ3) is 3.92. The van der Waals surface area contributed by atoms with Gasteiger partial charge in [0.1, 0.15) is 0 Å². The number of nitrogens with one attached hydrogen (secondary N) is 1. The van der Waals surface area contributed by atoms with Gasteiger partial charge < -0.3 is 11.1 Å². The summed E-state index contributed by atoms with van der Waals surface area (Å²) in [5.74, 6) is -0.384. The van der Waals surface area contributed by atoms with Crippen LogP contribution in [0, 0.1) is 13.8 Å². The van der Waals surface area contributed by atoms with Crippen molar-refractivity contribution in [2.24, 2.45) is 5.73 Å². The molecule has 2 rings (SSSR count). The Morgan fingerprint density at radius 3 is 2.38 bits per heavy atom. The number of amides is 1. The second-order valence-electron chi connectivity index (χ2n) is 5.52. The molecule has 110 valence electrons. The first-order valence-electron chi connectivity index (χ1n) is 7.16. The Balaban J connectivity index is 2.02. The van der Waals surface area contributed by atoms with Gasteiger partial charge in [0, 0.05) is 18.2 Å². The number of rotatable bonds is 5. The lowest BCUT2D eigenvalue weighted by molar-refractivity contribution is 0.1000. The summed E-state index contributed by atoms with van der Waals surface area (Å²) >= 11 is 0. The maximum atomic E-state index is 11.1. The fraction of sp³-hybridized carbons (Fsp3) is 0.278. The molecule has 1 atom stereocenters. The van der Waals surface area contributed by atoms with Gasteiger partial charge in [0.05, 0.1) is 0 Å². The number of carbonyl (C=O) groups is 1. The highest BCUT2D eigenvalue weighted by atomic mass is 16.1. The van der Waals surface area contributed by atoms with Gasteiger partial charge in [0.2, 0.25) is 5.91 Å². The molecule has 0 fully saturated rings. The first-order valence-corrected chi connectivity index (χ1v) is 7.16. The summed E-state index contributed by atoms with van der Waals surface area (Å²) in [4.78, 5) is 11.1. The van der Waals surface area contributed by atoms with Crippen molar-refractivity contribution in [2.45, 2.75) is 33.4 Å². The molecule has 0 spiro atoms. The number of hydrogen-bond acceptors (Lipinski definition) is 2. The third-order valence-electron chi connectivity index (χ3n) is 3.80. The molecule has 0 aliphatic carbocycles. The average Bonchev–Trinajstić information content (AvgIpc) is 2.46. The van der Waals surface area contributed by atoms with E-state index >= 15 is 0 Å². The molecule has 0 heterocycles. The predicted octanol–water partition coefficient (Wildman–Crippen LogP) is 3.25. The smallest absolute Gasteiger partial charge is 0.248 e. The lowest BCUT2D eigenvalue weighted by Gasteiger charge is -2.16. The maximum Gasteiger partial charge on any atom is 0.248 e. The lowest BCUT2D eigenvalue weighted by Crippen LogP contribution is -2.19. The molecule has 3 nitrogen and oxygen atoms in total. The van der Waals surface area contributed by atoms with Crippen molar-refractivity contribution >= 4 is 5.91 Å². The fourth-order valence-electron chi connectivity index (χ4n) is 2.28. The molecule has 1 unspecified atom stereocenters. The Labute approximate surface area is 126 Å². The van der Waals surface area contributed by atoms with E-state index in [1.807, 2.05) is 19.1 Å². The van der Waals surface area contributed by atoms with E-state index < -0.39 is 0 Å². The number of benzene rings is 2. The van der Waals surface area contributed by atoms with Crippen molar-refractivity contribution in [1.29, 1.82) is 0 Å². The zero-order valence-corrected chi connectivity index (χ0v) is 12.8. The van der Waals surface area contributed by atoms with Gasteiger partial charge in [-0.1, -0.05) is 35.9 Å². The van der Waals surface area contributed by atoms with Gasteiger partial charge in [-0.25, -0.2) is 0 Å². The molecule has 0 saturated heterocycles. The number of carbonyl (C=O) groups excluding carboxylic acids is 1. The van der Waals surface area contributed by atoms with E-state index in [2.05, 4.69) is 43.4 Å². The lowest BCUT2D eigenvalue weighted by atomic mass is 10.0. The minimum atomic E-state index is -0.384. The molecule has 0 bridgehead atoms. The Hall–Kier alpha value is -2.13. The van der Waals surface area contributed by atoms with Crippen LogP contribution in [0.1, 0.15) is 45.6 Å². The molecule has 2 aromatic rings. The minimum Gasteiger partial charge on any atom is -0.366 e. The van der Waals surface area contributed by atoms with Crippen LogP contribution in [0.2, 0.25) is 0 Å². The van der Waals surface area contributed by atoms with Crippen LogP contribution < -0.4 is 11.1 Å². The van der Waals surface area contributed by atoms with Crippen LogP contribution in [0.4, 0.5) is 0 Å². The number of nitrogens with two attached hydrogens (primary N) is 1. The summed E-state index contributed by atoms with van der Waals surface area (Å²) in [6.07, 6.45) is 0. The van der Waals surface area contributed by atoms with E-state index in [4.69, 9.17) is 5.73 Å². The average molecular weight is 282 g/mol. The maximum absolute atomic E-state index is 11.1. The Morgan fingerprint density at radius 2 is 1.81 bits per heavy atom. The van der Waals surface area contributed by atoms with Crippen LogP contribution in [0.25, 0.3) is 0 Å². The molecule has 0 saturated carbocycles. The van der Waals surface area contributed by atoms with Crippen LogP contribution in [0.3, 0.4) is 0 Å². The molecule has 0 radical (unpaired) electrons. The summed E-state index contributed by atoms with van der Waals surface area (Å²) in [5.41, 5.74) is 10.6. The van der Waals surface area contributed by atoms with Gasteiger partial charge in [-0.05, 0) is 49.6 Å². The van der Waals surface area contributed by atoms with Gasteiger partial charge in [0.15, 0.2) is 0 Å². The molecular weight excluding hydrogens is 260 g/mol. The first-order chi connectivity index (χ1) is 9.97. The summed E-state index contributed by atoms with van der Waals surface area (Å²) in [6.45, 7) is 7.00. The fourth-order valence-corrected chi connectivity index (χ4v) is 2.28. The van der Waals surface area contributed by atoms with E-state index in [1.54, 1.807) is 6.07 Å². The number of hydrogen-bond donors (Lipinski definition) is 2. The highest BCUT2D eigenvalue weighted by molar-refractivity contribution is 5.93. The molecule has 0 aliphatic rings. The first kappa shape index (κ1) is 15.3.